The Bertz CT molecular complexity index is 1990. The summed E-state index contributed by atoms with van der Waals surface area (Å²) in [6.07, 6.45) is 0.923. The zero-order valence-electron chi connectivity index (χ0n) is 28.5. The second-order valence-electron chi connectivity index (χ2n) is 13.2. The molecule has 1 aromatic carbocycles. The molecule has 3 N–H and O–H groups in total. The summed E-state index contributed by atoms with van der Waals surface area (Å²) in [5.41, 5.74) is 3.29. The quantitative estimate of drug-likeness (QED) is 0.204. The molecule has 0 bridgehead atoms. The summed E-state index contributed by atoms with van der Waals surface area (Å²) in [5, 5.41) is 21.3. The van der Waals surface area contributed by atoms with Crippen LogP contribution in [-0.2, 0) is 11.3 Å². The van der Waals surface area contributed by atoms with Crippen LogP contribution in [0, 0.1) is 11.8 Å². The van der Waals surface area contributed by atoms with Crippen LogP contribution < -0.4 is 20.7 Å². The maximum Gasteiger partial charge on any atom is 0.393 e. The van der Waals surface area contributed by atoms with Crippen molar-refractivity contribution in [2.45, 2.75) is 38.0 Å². The van der Waals surface area contributed by atoms with Crippen molar-refractivity contribution >= 4 is 34.9 Å². The van der Waals surface area contributed by atoms with E-state index < -0.39 is 23.9 Å². The maximum atomic E-state index is 13.1. The Labute approximate surface area is 296 Å². The molecule has 1 unspecified atom stereocenters. The number of methoxy groups -OCH3 is 1. The molecule has 5 heterocycles. The SMILES string of the molecule is CNC(=O)c1nnc(NC(=O)C2CC2)cc1Nc1cccc(-c2cnn(C3CN(Cc4cccc(C(=O)N5CCC(C(F)(F)F)C5)n4)C3)c2)c1OC. The van der Waals surface area contributed by atoms with E-state index >= 15 is 0 Å². The number of nitrogens with zero attached hydrogens (tertiary/aromatic N) is 7. The smallest absolute Gasteiger partial charge is 0.393 e. The van der Waals surface area contributed by atoms with Crippen molar-refractivity contribution in [3.05, 3.63) is 71.9 Å². The minimum absolute atomic E-state index is 0.0356. The first kappa shape index (κ1) is 34.9. The molecular weight excluding hydrogens is 681 g/mol. The van der Waals surface area contributed by atoms with Crippen LogP contribution in [0.5, 0.6) is 5.75 Å². The Balaban J connectivity index is 1.01. The molecular formula is C35H37F3N10O4. The molecule has 3 amide bonds. The minimum Gasteiger partial charge on any atom is -0.494 e. The molecule has 1 saturated carbocycles. The summed E-state index contributed by atoms with van der Waals surface area (Å²) in [7, 11) is 3.04. The Morgan fingerprint density at radius 1 is 1.00 bits per heavy atom. The number of alkyl halides is 3. The number of carbonyl (C=O) groups is 3. The average Bonchev–Trinajstić information content (AvgIpc) is 3.64. The van der Waals surface area contributed by atoms with Gasteiger partial charge in [0.1, 0.15) is 11.4 Å². The van der Waals surface area contributed by atoms with Crippen molar-refractivity contribution in [1.29, 1.82) is 0 Å². The number of rotatable bonds is 11. The van der Waals surface area contributed by atoms with Gasteiger partial charge < -0.3 is 25.6 Å². The van der Waals surface area contributed by atoms with Gasteiger partial charge in [-0.2, -0.15) is 18.3 Å². The van der Waals surface area contributed by atoms with E-state index in [0.29, 0.717) is 42.5 Å². The van der Waals surface area contributed by atoms with Crippen molar-refractivity contribution in [3.8, 4) is 16.9 Å². The molecule has 1 atom stereocenters. The van der Waals surface area contributed by atoms with E-state index in [1.807, 2.05) is 23.0 Å². The highest BCUT2D eigenvalue weighted by molar-refractivity contribution is 6.00. The maximum absolute atomic E-state index is 13.1. The lowest BCUT2D eigenvalue weighted by molar-refractivity contribution is -0.169. The van der Waals surface area contributed by atoms with Gasteiger partial charge in [0.25, 0.3) is 11.8 Å². The highest BCUT2D eigenvalue weighted by atomic mass is 19.4. The van der Waals surface area contributed by atoms with Gasteiger partial charge in [-0.1, -0.05) is 18.2 Å². The van der Waals surface area contributed by atoms with Crippen molar-refractivity contribution in [2.24, 2.45) is 11.8 Å². The molecule has 52 heavy (non-hydrogen) atoms. The standard InChI is InChI=1S/C35H37F3N10O4/c1-39-33(50)30-28(13-29(44-45-30)43-32(49)20-9-10-20)42-26-7-4-6-25(31(26)52-2)21-14-40-48(15-21)24-18-46(19-24)17-23-5-3-8-27(41-23)34(51)47-12-11-22(16-47)35(36,37)38/h3-8,13-15,20,22,24H,9-12,16-19H2,1-2H3,(H,39,50)(H2,42,43,44,49). The number of pyridine rings is 1. The first-order valence-corrected chi connectivity index (χ1v) is 16.9. The molecule has 17 heteroatoms. The van der Waals surface area contributed by atoms with Gasteiger partial charge in [0.05, 0.1) is 42.3 Å². The van der Waals surface area contributed by atoms with E-state index in [4.69, 9.17) is 4.74 Å². The lowest BCUT2D eigenvalue weighted by Crippen LogP contribution is -2.47. The molecule has 3 aliphatic rings. The number of ether oxygens (including phenoxy) is 1. The van der Waals surface area contributed by atoms with Crippen LogP contribution >= 0.6 is 0 Å². The van der Waals surface area contributed by atoms with Crippen LogP contribution in [0.4, 0.5) is 30.4 Å². The van der Waals surface area contributed by atoms with Crippen molar-refractivity contribution < 1.29 is 32.3 Å². The summed E-state index contributed by atoms with van der Waals surface area (Å²) in [4.78, 5) is 45.7. The van der Waals surface area contributed by atoms with Gasteiger partial charge in [0.15, 0.2) is 11.5 Å². The summed E-state index contributed by atoms with van der Waals surface area (Å²) in [6, 6.07) is 12.2. The van der Waals surface area contributed by atoms with E-state index in [9.17, 15) is 27.6 Å². The third-order valence-electron chi connectivity index (χ3n) is 9.50. The van der Waals surface area contributed by atoms with Crippen LogP contribution in [0.25, 0.3) is 11.1 Å². The molecule has 4 aromatic rings. The molecule has 2 saturated heterocycles. The van der Waals surface area contributed by atoms with Crippen LogP contribution in [0.2, 0.25) is 0 Å². The lowest BCUT2D eigenvalue weighted by atomic mass is 10.1. The van der Waals surface area contributed by atoms with E-state index in [1.54, 1.807) is 37.6 Å². The number of nitrogens with one attached hydrogen (secondary N) is 3. The molecule has 3 aromatic heterocycles. The Kier molecular flexibility index (Phi) is 9.52. The van der Waals surface area contributed by atoms with E-state index in [2.05, 4.69) is 41.1 Å². The van der Waals surface area contributed by atoms with Gasteiger partial charge in [-0.25, -0.2) is 4.98 Å². The average molecular weight is 719 g/mol. The summed E-state index contributed by atoms with van der Waals surface area (Å²) >= 11 is 0. The van der Waals surface area contributed by atoms with Gasteiger partial charge in [-0.05, 0) is 37.5 Å². The second-order valence-corrected chi connectivity index (χ2v) is 13.2. The minimum atomic E-state index is -4.32. The van der Waals surface area contributed by atoms with E-state index in [1.165, 1.54) is 18.0 Å². The number of likely N-dealkylation sites (tertiary alicyclic amines) is 2. The highest BCUT2D eigenvalue weighted by Gasteiger charge is 2.45. The number of carbonyl (C=O) groups excluding carboxylic acids is 3. The number of hydrogen-bond acceptors (Lipinski definition) is 10. The monoisotopic (exact) mass is 718 g/mol. The fourth-order valence-corrected chi connectivity index (χ4v) is 6.44. The number of benzene rings is 1. The van der Waals surface area contributed by atoms with Crippen LogP contribution in [-0.4, -0.2) is 99.0 Å². The van der Waals surface area contributed by atoms with Crippen LogP contribution in [0.3, 0.4) is 0 Å². The van der Waals surface area contributed by atoms with Gasteiger partial charge >= 0.3 is 6.18 Å². The van der Waals surface area contributed by atoms with Gasteiger partial charge in [-0.15, -0.1) is 10.2 Å². The molecule has 0 radical (unpaired) electrons. The zero-order chi connectivity index (χ0) is 36.6. The lowest BCUT2D eigenvalue weighted by Gasteiger charge is -2.39. The molecule has 7 rings (SSSR count). The normalized spacial score (nSPS) is 17.8. The number of halogens is 3. The van der Waals surface area contributed by atoms with Crippen molar-refractivity contribution in [1.82, 2.24) is 40.1 Å². The first-order chi connectivity index (χ1) is 25.0. The molecule has 1 aliphatic carbocycles. The number of anilines is 3. The number of aromatic nitrogens is 5. The van der Waals surface area contributed by atoms with Gasteiger partial charge in [0, 0.05) is 69.1 Å². The Morgan fingerprint density at radius 2 is 1.79 bits per heavy atom. The topological polar surface area (TPSA) is 159 Å². The third-order valence-corrected chi connectivity index (χ3v) is 9.50. The number of amides is 3. The predicted octanol–water partition coefficient (Wildman–Crippen LogP) is 4.28. The highest BCUT2D eigenvalue weighted by Crippen LogP contribution is 2.39. The molecule has 14 nitrogen and oxygen atoms in total. The second kappa shape index (κ2) is 14.2. The van der Waals surface area contributed by atoms with Gasteiger partial charge in [0.2, 0.25) is 5.91 Å². The fourth-order valence-electron chi connectivity index (χ4n) is 6.44. The third kappa shape index (κ3) is 7.39. The Hall–Kier alpha value is -5.58. The number of hydrogen-bond donors (Lipinski definition) is 3. The molecule has 272 valence electrons. The summed E-state index contributed by atoms with van der Waals surface area (Å²) in [6.45, 7) is 1.55. The summed E-state index contributed by atoms with van der Waals surface area (Å²) in [5.74, 6) is -1.89. The molecule has 2 aliphatic heterocycles. The van der Waals surface area contributed by atoms with Crippen molar-refractivity contribution in [3.63, 3.8) is 0 Å². The van der Waals surface area contributed by atoms with Crippen LogP contribution in [0.15, 0.2) is 54.9 Å². The predicted molar refractivity (Wildman–Crippen MR) is 183 cm³/mol. The number of para-hydroxylation sites is 1. The zero-order valence-corrected chi connectivity index (χ0v) is 28.5. The molecule has 3 fully saturated rings. The summed E-state index contributed by atoms with van der Waals surface area (Å²) < 4.78 is 47.1. The fraction of sp³-hybridized carbons (Fsp3) is 0.400. The van der Waals surface area contributed by atoms with E-state index in [0.717, 1.165) is 24.0 Å². The van der Waals surface area contributed by atoms with Crippen molar-refractivity contribution in [2.75, 3.05) is 51.0 Å². The van der Waals surface area contributed by atoms with Gasteiger partial charge in [-0.3, -0.25) is 24.0 Å². The largest absolute Gasteiger partial charge is 0.494 e. The van der Waals surface area contributed by atoms with Crippen LogP contribution in [0.1, 0.15) is 52.0 Å². The Morgan fingerprint density at radius 3 is 2.50 bits per heavy atom. The first-order valence-electron chi connectivity index (χ1n) is 16.9. The molecule has 0 spiro atoms. The van der Waals surface area contributed by atoms with E-state index in [-0.39, 0.29) is 54.6 Å².